The van der Waals surface area contributed by atoms with Crippen molar-refractivity contribution >= 4 is 34.1 Å². The van der Waals surface area contributed by atoms with Gasteiger partial charge in [0.1, 0.15) is 0 Å². The molecule has 3 aromatic rings. The highest BCUT2D eigenvalue weighted by molar-refractivity contribution is 6.41. The fraction of sp³-hybridized carbons (Fsp3) is 0.238. The first kappa shape index (κ1) is 19.3. The molecule has 7 nitrogen and oxygen atoms in total. The maximum Gasteiger partial charge on any atom is 0.380 e. The summed E-state index contributed by atoms with van der Waals surface area (Å²) in [5.74, 6) is -2.41. The van der Waals surface area contributed by atoms with Crippen molar-refractivity contribution in [2.75, 3.05) is 5.32 Å². The quantitative estimate of drug-likeness (QED) is 0.418. The van der Waals surface area contributed by atoms with Gasteiger partial charge in [-0.3, -0.25) is 14.3 Å². The highest BCUT2D eigenvalue weighted by Gasteiger charge is 2.28. The standard InChI is InChI=1S/C21H21N3O4/c1-12-18(13(2)24(4)23-12)19(25)21(27)28-14(3)20(26)22-17-10-9-15-7-5-6-8-16(15)11-17/h5-11,14H,1-4H3,(H,22,26). The number of anilines is 1. The van der Waals surface area contributed by atoms with Gasteiger partial charge in [0, 0.05) is 18.4 Å². The number of carbonyl (C=O) groups is 3. The SMILES string of the molecule is Cc1nn(C)c(C)c1C(=O)C(=O)OC(C)C(=O)Nc1ccc2ccccc2c1. The zero-order valence-electron chi connectivity index (χ0n) is 16.1. The lowest BCUT2D eigenvalue weighted by atomic mass is 10.1. The van der Waals surface area contributed by atoms with Crippen LogP contribution in [0.15, 0.2) is 42.5 Å². The maximum atomic E-state index is 12.4. The van der Waals surface area contributed by atoms with E-state index in [0.717, 1.165) is 10.8 Å². The Kier molecular flexibility index (Phi) is 5.26. The van der Waals surface area contributed by atoms with Gasteiger partial charge in [-0.05, 0) is 43.7 Å². The first-order valence-corrected chi connectivity index (χ1v) is 8.83. The average molecular weight is 379 g/mol. The Morgan fingerprint density at radius 2 is 1.75 bits per heavy atom. The molecular formula is C21H21N3O4. The third-order valence-electron chi connectivity index (χ3n) is 4.59. The molecule has 0 saturated heterocycles. The topological polar surface area (TPSA) is 90.3 Å². The number of aromatic nitrogens is 2. The minimum Gasteiger partial charge on any atom is -0.447 e. The first-order chi connectivity index (χ1) is 13.3. The highest BCUT2D eigenvalue weighted by atomic mass is 16.6. The normalized spacial score (nSPS) is 11.9. The molecule has 1 N–H and O–H groups in total. The number of Topliss-reactive ketones (excluding diaryl/α,β-unsaturated/α-hetero) is 1. The predicted octanol–water partition coefficient (Wildman–Crippen LogP) is 2.94. The number of hydrogen-bond acceptors (Lipinski definition) is 5. The number of nitrogens with one attached hydrogen (secondary N) is 1. The van der Waals surface area contributed by atoms with Crippen LogP contribution in [-0.2, 0) is 21.4 Å². The Balaban J connectivity index is 1.67. The van der Waals surface area contributed by atoms with Crippen LogP contribution < -0.4 is 5.32 Å². The van der Waals surface area contributed by atoms with Crippen molar-refractivity contribution in [2.24, 2.45) is 7.05 Å². The fourth-order valence-corrected chi connectivity index (χ4v) is 2.98. The molecule has 0 fully saturated rings. The van der Waals surface area contributed by atoms with E-state index in [2.05, 4.69) is 10.4 Å². The Morgan fingerprint density at radius 3 is 2.39 bits per heavy atom. The number of rotatable bonds is 5. The molecule has 0 spiro atoms. The minimum atomic E-state index is -1.12. The lowest BCUT2D eigenvalue weighted by Crippen LogP contribution is -2.32. The molecule has 0 bridgehead atoms. The van der Waals surface area contributed by atoms with Crippen molar-refractivity contribution in [3.05, 3.63) is 59.4 Å². The van der Waals surface area contributed by atoms with E-state index in [1.807, 2.05) is 36.4 Å². The molecule has 0 aliphatic heterocycles. The second-order valence-electron chi connectivity index (χ2n) is 6.60. The van der Waals surface area contributed by atoms with Crippen molar-refractivity contribution in [3.8, 4) is 0 Å². The molecule has 0 aliphatic carbocycles. The zero-order chi connectivity index (χ0) is 20.4. The molecule has 1 unspecified atom stereocenters. The fourth-order valence-electron chi connectivity index (χ4n) is 2.98. The van der Waals surface area contributed by atoms with Gasteiger partial charge in [-0.25, -0.2) is 4.79 Å². The lowest BCUT2D eigenvalue weighted by Gasteiger charge is -2.13. The van der Waals surface area contributed by atoms with E-state index in [0.29, 0.717) is 17.1 Å². The van der Waals surface area contributed by atoms with E-state index in [4.69, 9.17) is 4.74 Å². The number of ether oxygens (including phenoxy) is 1. The molecule has 2 aromatic carbocycles. The zero-order valence-corrected chi connectivity index (χ0v) is 16.1. The molecule has 1 amide bonds. The second-order valence-corrected chi connectivity index (χ2v) is 6.60. The number of nitrogens with zero attached hydrogens (tertiary/aromatic N) is 2. The van der Waals surface area contributed by atoms with E-state index in [1.165, 1.54) is 11.6 Å². The summed E-state index contributed by atoms with van der Waals surface area (Å²) in [5.41, 5.74) is 1.79. The van der Waals surface area contributed by atoms with Gasteiger partial charge >= 0.3 is 5.97 Å². The van der Waals surface area contributed by atoms with Gasteiger partial charge in [-0.1, -0.05) is 30.3 Å². The van der Waals surface area contributed by atoms with E-state index in [9.17, 15) is 14.4 Å². The number of amides is 1. The number of benzene rings is 2. The average Bonchev–Trinajstić information content (AvgIpc) is 2.92. The van der Waals surface area contributed by atoms with Gasteiger partial charge in [0.2, 0.25) is 0 Å². The third-order valence-corrected chi connectivity index (χ3v) is 4.59. The van der Waals surface area contributed by atoms with Crippen LogP contribution >= 0.6 is 0 Å². The van der Waals surface area contributed by atoms with E-state index >= 15 is 0 Å². The Labute approximate surface area is 162 Å². The highest BCUT2D eigenvalue weighted by Crippen LogP contribution is 2.19. The van der Waals surface area contributed by atoms with Crippen molar-refractivity contribution in [1.29, 1.82) is 0 Å². The van der Waals surface area contributed by atoms with Gasteiger partial charge in [-0.15, -0.1) is 0 Å². The Hall–Kier alpha value is -3.48. The van der Waals surface area contributed by atoms with Crippen molar-refractivity contribution in [2.45, 2.75) is 26.9 Å². The smallest absolute Gasteiger partial charge is 0.380 e. The maximum absolute atomic E-state index is 12.4. The van der Waals surface area contributed by atoms with Gasteiger partial charge in [-0.2, -0.15) is 5.10 Å². The summed E-state index contributed by atoms with van der Waals surface area (Å²) >= 11 is 0. The molecule has 0 radical (unpaired) electrons. The van der Waals surface area contributed by atoms with Crippen LogP contribution in [0.5, 0.6) is 0 Å². The Morgan fingerprint density at radius 1 is 1.07 bits per heavy atom. The summed E-state index contributed by atoms with van der Waals surface area (Å²) in [6.07, 6.45) is -1.12. The van der Waals surface area contributed by atoms with Gasteiger partial charge in [0.15, 0.2) is 6.10 Å². The molecule has 28 heavy (non-hydrogen) atoms. The minimum absolute atomic E-state index is 0.203. The monoisotopic (exact) mass is 379 g/mol. The van der Waals surface area contributed by atoms with Crippen LogP contribution in [0.2, 0.25) is 0 Å². The van der Waals surface area contributed by atoms with E-state index in [-0.39, 0.29) is 5.56 Å². The molecule has 3 rings (SSSR count). The summed E-state index contributed by atoms with van der Waals surface area (Å²) in [6.45, 7) is 4.75. The molecule has 1 heterocycles. The van der Waals surface area contributed by atoms with E-state index < -0.39 is 23.8 Å². The van der Waals surface area contributed by atoms with Crippen molar-refractivity contribution in [3.63, 3.8) is 0 Å². The first-order valence-electron chi connectivity index (χ1n) is 8.83. The summed E-state index contributed by atoms with van der Waals surface area (Å²) in [7, 11) is 1.68. The number of hydrogen-bond donors (Lipinski definition) is 1. The molecule has 0 saturated carbocycles. The van der Waals surface area contributed by atoms with E-state index in [1.54, 1.807) is 27.0 Å². The molecule has 7 heteroatoms. The predicted molar refractivity (Wildman–Crippen MR) is 105 cm³/mol. The molecule has 0 aliphatic rings. The number of fused-ring (bicyclic) bond motifs is 1. The Bertz CT molecular complexity index is 1080. The second kappa shape index (κ2) is 7.64. The molecule has 1 atom stereocenters. The van der Waals surface area contributed by atoms with Crippen LogP contribution in [0.4, 0.5) is 5.69 Å². The van der Waals surface area contributed by atoms with Crippen molar-refractivity contribution in [1.82, 2.24) is 9.78 Å². The van der Waals surface area contributed by atoms with Crippen LogP contribution in [0.25, 0.3) is 10.8 Å². The van der Waals surface area contributed by atoms with Gasteiger partial charge in [0.05, 0.1) is 11.3 Å². The summed E-state index contributed by atoms with van der Waals surface area (Å²) < 4.78 is 6.59. The van der Waals surface area contributed by atoms with Crippen LogP contribution in [0.3, 0.4) is 0 Å². The molecular weight excluding hydrogens is 358 g/mol. The lowest BCUT2D eigenvalue weighted by molar-refractivity contribution is -0.148. The van der Waals surface area contributed by atoms with Crippen LogP contribution in [0.1, 0.15) is 28.7 Å². The van der Waals surface area contributed by atoms with Crippen LogP contribution in [0, 0.1) is 13.8 Å². The largest absolute Gasteiger partial charge is 0.447 e. The third kappa shape index (κ3) is 3.78. The van der Waals surface area contributed by atoms with Gasteiger partial charge < -0.3 is 10.1 Å². The number of carbonyl (C=O) groups excluding carboxylic acids is 3. The van der Waals surface area contributed by atoms with Crippen LogP contribution in [-0.4, -0.2) is 33.5 Å². The van der Waals surface area contributed by atoms with Gasteiger partial charge in [0.25, 0.3) is 11.7 Å². The number of ketones is 1. The van der Waals surface area contributed by atoms with Crippen molar-refractivity contribution < 1.29 is 19.1 Å². The summed E-state index contributed by atoms with van der Waals surface area (Å²) in [4.78, 5) is 37.0. The molecule has 1 aromatic heterocycles. The summed E-state index contributed by atoms with van der Waals surface area (Å²) in [6, 6.07) is 13.2. The number of esters is 1. The molecule has 144 valence electrons. The number of aryl methyl sites for hydroxylation is 2. The summed E-state index contributed by atoms with van der Waals surface area (Å²) in [5, 5.41) is 8.84.